The fourth-order valence-corrected chi connectivity index (χ4v) is 3.07. The Morgan fingerprint density at radius 3 is 2.07 bits per heavy atom. The van der Waals surface area contributed by atoms with Crippen LogP contribution < -0.4 is 14.8 Å². The van der Waals surface area contributed by atoms with Crippen LogP contribution in [0.15, 0.2) is 60.7 Å². The van der Waals surface area contributed by atoms with Crippen LogP contribution in [0.4, 0.5) is 5.69 Å². The second-order valence-corrected chi connectivity index (χ2v) is 6.79. The molecule has 0 aliphatic heterocycles. The van der Waals surface area contributed by atoms with Crippen molar-refractivity contribution in [3.8, 4) is 11.5 Å². The molecule has 0 fully saturated rings. The van der Waals surface area contributed by atoms with Gasteiger partial charge in [0.05, 0.1) is 19.8 Å². The second-order valence-electron chi connectivity index (χ2n) is 6.36. The van der Waals surface area contributed by atoms with Gasteiger partial charge in [-0.05, 0) is 48.9 Å². The van der Waals surface area contributed by atoms with Gasteiger partial charge in [-0.1, -0.05) is 29.8 Å². The van der Waals surface area contributed by atoms with Gasteiger partial charge in [0.1, 0.15) is 0 Å². The Bertz CT molecular complexity index is 1060. The molecule has 0 spiro atoms. The third-order valence-corrected chi connectivity index (χ3v) is 4.75. The maximum Gasteiger partial charge on any atom is 0.256 e. The predicted octanol–water partition coefficient (Wildman–Crippen LogP) is 5.15. The minimum Gasteiger partial charge on any atom is -0.493 e. The Morgan fingerprint density at radius 2 is 1.45 bits per heavy atom. The van der Waals surface area contributed by atoms with Crippen LogP contribution >= 0.6 is 11.6 Å². The van der Waals surface area contributed by atoms with E-state index < -0.39 is 5.91 Å². The maximum atomic E-state index is 13.0. The summed E-state index contributed by atoms with van der Waals surface area (Å²) in [5, 5.41) is 3.40. The molecule has 0 heterocycles. The predicted molar refractivity (Wildman–Crippen MR) is 114 cm³/mol. The Hall–Kier alpha value is -3.31. The zero-order valence-electron chi connectivity index (χ0n) is 16.3. The van der Waals surface area contributed by atoms with E-state index in [0.717, 1.165) is 5.56 Å². The lowest BCUT2D eigenvalue weighted by molar-refractivity contribution is 0.0996. The molecule has 3 aromatic carbocycles. The van der Waals surface area contributed by atoms with Crippen LogP contribution in [0.25, 0.3) is 0 Å². The summed E-state index contributed by atoms with van der Waals surface area (Å²) in [5.74, 6) is 0.426. The number of rotatable bonds is 6. The highest BCUT2D eigenvalue weighted by Gasteiger charge is 2.19. The molecule has 6 heteroatoms. The Kier molecular flexibility index (Phi) is 6.20. The topological polar surface area (TPSA) is 64.6 Å². The number of nitrogens with one attached hydrogen (secondary N) is 1. The number of aryl methyl sites for hydroxylation is 1. The zero-order chi connectivity index (χ0) is 21.0. The van der Waals surface area contributed by atoms with Crippen molar-refractivity contribution in [3.05, 3.63) is 87.9 Å². The minimum absolute atomic E-state index is 0.253. The lowest BCUT2D eigenvalue weighted by atomic mass is 9.98. The maximum absolute atomic E-state index is 13.0. The highest BCUT2D eigenvalue weighted by molar-refractivity contribution is 6.30. The molecule has 29 heavy (non-hydrogen) atoms. The van der Waals surface area contributed by atoms with Crippen molar-refractivity contribution in [2.45, 2.75) is 6.92 Å². The number of hydrogen-bond donors (Lipinski definition) is 1. The first-order valence-electron chi connectivity index (χ1n) is 8.88. The van der Waals surface area contributed by atoms with E-state index in [1.807, 2.05) is 6.92 Å². The van der Waals surface area contributed by atoms with Gasteiger partial charge in [0.15, 0.2) is 17.3 Å². The molecule has 0 unspecified atom stereocenters. The molecule has 0 saturated carbocycles. The number of ketones is 1. The van der Waals surface area contributed by atoms with Gasteiger partial charge in [0.25, 0.3) is 5.91 Å². The summed E-state index contributed by atoms with van der Waals surface area (Å²) in [4.78, 5) is 25.9. The monoisotopic (exact) mass is 409 g/mol. The van der Waals surface area contributed by atoms with Crippen molar-refractivity contribution in [2.24, 2.45) is 0 Å². The third kappa shape index (κ3) is 4.41. The van der Waals surface area contributed by atoms with Gasteiger partial charge >= 0.3 is 0 Å². The SMILES string of the molecule is COc1cc(C)c(NC(=O)c2ccccc2C(=O)c2ccc(Cl)cc2)cc1OC. The molecule has 1 N–H and O–H groups in total. The van der Waals surface area contributed by atoms with Gasteiger partial charge in [0.2, 0.25) is 0 Å². The van der Waals surface area contributed by atoms with Gasteiger partial charge in [-0.15, -0.1) is 0 Å². The summed E-state index contributed by atoms with van der Waals surface area (Å²) in [7, 11) is 3.08. The summed E-state index contributed by atoms with van der Waals surface area (Å²) < 4.78 is 10.6. The molecule has 0 aliphatic carbocycles. The van der Waals surface area contributed by atoms with Crippen molar-refractivity contribution in [3.63, 3.8) is 0 Å². The van der Waals surface area contributed by atoms with Gasteiger partial charge in [-0.25, -0.2) is 0 Å². The molecule has 148 valence electrons. The molecule has 0 radical (unpaired) electrons. The van der Waals surface area contributed by atoms with Gasteiger partial charge in [-0.3, -0.25) is 9.59 Å². The van der Waals surface area contributed by atoms with E-state index in [1.165, 1.54) is 7.11 Å². The van der Waals surface area contributed by atoms with E-state index in [9.17, 15) is 9.59 Å². The van der Waals surface area contributed by atoms with Crippen molar-refractivity contribution >= 4 is 29.0 Å². The molecule has 5 nitrogen and oxygen atoms in total. The van der Waals surface area contributed by atoms with E-state index in [0.29, 0.717) is 33.3 Å². The van der Waals surface area contributed by atoms with E-state index in [4.69, 9.17) is 21.1 Å². The Balaban J connectivity index is 1.93. The largest absolute Gasteiger partial charge is 0.493 e. The number of benzene rings is 3. The van der Waals surface area contributed by atoms with E-state index in [-0.39, 0.29) is 11.3 Å². The first kappa shape index (κ1) is 20.4. The first-order chi connectivity index (χ1) is 13.9. The smallest absolute Gasteiger partial charge is 0.256 e. The average Bonchev–Trinajstić information content (AvgIpc) is 2.74. The number of methoxy groups -OCH3 is 2. The fraction of sp³-hybridized carbons (Fsp3) is 0.130. The lowest BCUT2D eigenvalue weighted by Crippen LogP contribution is -2.17. The number of carbonyl (C=O) groups is 2. The summed E-state index contributed by atoms with van der Waals surface area (Å²) in [6, 6.07) is 16.7. The van der Waals surface area contributed by atoms with Crippen molar-refractivity contribution in [1.29, 1.82) is 0 Å². The molecular formula is C23H20ClNO4. The number of hydrogen-bond acceptors (Lipinski definition) is 4. The van der Waals surface area contributed by atoms with E-state index in [2.05, 4.69) is 5.32 Å². The van der Waals surface area contributed by atoms with E-state index in [1.54, 1.807) is 67.8 Å². The van der Waals surface area contributed by atoms with Crippen LogP contribution in [0.2, 0.25) is 5.02 Å². The number of anilines is 1. The molecule has 0 aliphatic rings. The average molecular weight is 410 g/mol. The first-order valence-corrected chi connectivity index (χ1v) is 9.25. The van der Waals surface area contributed by atoms with Crippen molar-refractivity contribution < 1.29 is 19.1 Å². The van der Waals surface area contributed by atoms with Crippen LogP contribution in [0.3, 0.4) is 0 Å². The normalized spacial score (nSPS) is 10.3. The quantitative estimate of drug-likeness (QED) is 0.572. The standard InChI is InChI=1S/C23H20ClNO4/c1-14-12-20(28-2)21(29-3)13-19(14)25-23(27)18-7-5-4-6-17(18)22(26)15-8-10-16(24)11-9-15/h4-13H,1-3H3,(H,25,27). The highest BCUT2D eigenvalue weighted by Crippen LogP contribution is 2.33. The summed E-state index contributed by atoms with van der Waals surface area (Å²) >= 11 is 5.90. The molecule has 1 amide bonds. The molecular weight excluding hydrogens is 390 g/mol. The van der Waals surface area contributed by atoms with Gasteiger partial charge < -0.3 is 14.8 Å². The van der Waals surface area contributed by atoms with Crippen LogP contribution in [-0.4, -0.2) is 25.9 Å². The number of carbonyl (C=O) groups excluding carboxylic acids is 2. The fourth-order valence-electron chi connectivity index (χ4n) is 2.94. The van der Waals surface area contributed by atoms with Crippen LogP contribution in [0, 0.1) is 6.92 Å². The van der Waals surface area contributed by atoms with Gasteiger partial charge in [0, 0.05) is 27.9 Å². The highest BCUT2D eigenvalue weighted by atomic mass is 35.5. The number of halogens is 1. The molecule has 0 bridgehead atoms. The number of amides is 1. The third-order valence-electron chi connectivity index (χ3n) is 4.50. The molecule has 0 aromatic heterocycles. The molecule has 0 saturated heterocycles. The molecule has 3 rings (SSSR count). The molecule has 0 atom stereocenters. The zero-order valence-corrected chi connectivity index (χ0v) is 17.0. The Labute approximate surface area is 174 Å². The molecule has 3 aromatic rings. The van der Waals surface area contributed by atoms with Crippen molar-refractivity contribution in [2.75, 3.05) is 19.5 Å². The Morgan fingerprint density at radius 1 is 0.862 bits per heavy atom. The summed E-state index contributed by atoms with van der Waals surface area (Å²) in [6.07, 6.45) is 0. The summed E-state index contributed by atoms with van der Waals surface area (Å²) in [6.45, 7) is 1.85. The van der Waals surface area contributed by atoms with Crippen LogP contribution in [-0.2, 0) is 0 Å². The van der Waals surface area contributed by atoms with Crippen LogP contribution in [0.5, 0.6) is 11.5 Å². The second kappa shape index (κ2) is 8.80. The summed E-state index contributed by atoms with van der Waals surface area (Å²) in [5.41, 5.74) is 2.42. The van der Waals surface area contributed by atoms with Gasteiger partial charge in [-0.2, -0.15) is 0 Å². The van der Waals surface area contributed by atoms with E-state index >= 15 is 0 Å². The van der Waals surface area contributed by atoms with Crippen LogP contribution in [0.1, 0.15) is 31.8 Å². The minimum atomic E-state index is -0.391. The number of ether oxygens (including phenoxy) is 2. The lowest BCUT2D eigenvalue weighted by Gasteiger charge is -2.15. The van der Waals surface area contributed by atoms with Crippen molar-refractivity contribution in [1.82, 2.24) is 0 Å².